The van der Waals surface area contributed by atoms with E-state index in [9.17, 15) is 4.79 Å². The largest absolute Gasteiger partial charge is 0.496 e. The molecule has 0 aliphatic heterocycles. The van der Waals surface area contributed by atoms with E-state index in [0.717, 1.165) is 30.4 Å². The average Bonchev–Trinajstić information content (AvgIpc) is 2.66. The fourth-order valence-electron chi connectivity index (χ4n) is 3.54. The summed E-state index contributed by atoms with van der Waals surface area (Å²) < 4.78 is 16.2. The lowest BCUT2D eigenvalue weighted by Gasteiger charge is -2.40. The molecule has 2 aromatic rings. The summed E-state index contributed by atoms with van der Waals surface area (Å²) in [6.45, 7) is 0.310. The summed E-state index contributed by atoms with van der Waals surface area (Å²) in [5.74, 6) is 1.87. The van der Waals surface area contributed by atoms with Gasteiger partial charge in [-0.15, -0.1) is 0 Å². The fourth-order valence-corrected chi connectivity index (χ4v) is 3.66. The number of methoxy groups -OCH3 is 3. The van der Waals surface area contributed by atoms with Gasteiger partial charge in [0.1, 0.15) is 17.2 Å². The Kier molecular flexibility index (Phi) is 5.80. The predicted octanol–water partition coefficient (Wildman–Crippen LogP) is 4.10. The van der Waals surface area contributed by atoms with E-state index in [4.69, 9.17) is 25.8 Å². The molecule has 0 bridgehead atoms. The zero-order valence-corrected chi connectivity index (χ0v) is 16.6. The van der Waals surface area contributed by atoms with Crippen LogP contribution in [0.1, 0.15) is 30.4 Å². The second kappa shape index (κ2) is 8.09. The van der Waals surface area contributed by atoms with Crippen molar-refractivity contribution in [3.63, 3.8) is 0 Å². The van der Waals surface area contributed by atoms with Crippen molar-refractivity contribution in [3.8, 4) is 17.2 Å². The van der Waals surface area contributed by atoms with Crippen LogP contribution in [0.3, 0.4) is 0 Å². The maximum atomic E-state index is 13.1. The topological polar surface area (TPSA) is 56.8 Å². The second-order valence-electron chi connectivity index (χ2n) is 6.64. The lowest BCUT2D eigenvalue weighted by atomic mass is 9.64. The molecule has 0 aromatic heterocycles. The van der Waals surface area contributed by atoms with Crippen molar-refractivity contribution in [1.29, 1.82) is 0 Å². The Bertz CT molecular complexity index is 790. The summed E-state index contributed by atoms with van der Waals surface area (Å²) >= 11 is 6.00. The minimum atomic E-state index is -0.489. The summed E-state index contributed by atoms with van der Waals surface area (Å²) in [7, 11) is 4.75. The first-order valence-corrected chi connectivity index (χ1v) is 9.25. The van der Waals surface area contributed by atoms with Gasteiger partial charge in [-0.3, -0.25) is 4.79 Å². The Hall–Kier alpha value is -2.40. The molecule has 6 heteroatoms. The van der Waals surface area contributed by atoms with E-state index in [-0.39, 0.29) is 5.91 Å². The number of ether oxygens (including phenoxy) is 3. The first kappa shape index (κ1) is 19.4. The van der Waals surface area contributed by atoms with Gasteiger partial charge >= 0.3 is 0 Å². The number of rotatable bonds is 7. The number of hydrogen-bond donors (Lipinski definition) is 1. The van der Waals surface area contributed by atoms with Crippen LogP contribution in [-0.2, 0) is 16.8 Å². The first-order valence-electron chi connectivity index (χ1n) is 8.87. The number of benzene rings is 2. The number of carbonyl (C=O) groups excluding carboxylic acids is 1. The first-order chi connectivity index (χ1) is 13.0. The van der Waals surface area contributed by atoms with E-state index < -0.39 is 5.41 Å². The van der Waals surface area contributed by atoms with Crippen molar-refractivity contribution >= 4 is 17.5 Å². The molecular weight excluding hydrogens is 366 g/mol. The van der Waals surface area contributed by atoms with Crippen LogP contribution in [0.25, 0.3) is 0 Å². The SMILES string of the molecule is COc1cc(OC)c(CNC(=O)C2(c3ccc(Cl)cc3)CCC2)c(OC)c1. The van der Waals surface area contributed by atoms with Crippen molar-refractivity contribution in [2.45, 2.75) is 31.2 Å². The molecule has 0 heterocycles. The van der Waals surface area contributed by atoms with Gasteiger partial charge in [-0.2, -0.15) is 0 Å². The molecule has 1 N–H and O–H groups in total. The Morgan fingerprint density at radius 2 is 1.63 bits per heavy atom. The monoisotopic (exact) mass is 389 g/mol. The van der Waals surface area contributed by atoms with E-state index >= 15 is 0 Å². The molecule has 1 fully saturated rings. The molecule has 0 spiro atoms. The van der Waals surface area contributed by atoms with Gasteiger partial charge in [0.25, 0.3) is 0 Å². The van der Waals surface area contributed by atoms with Gasteiger partial charge in [0.05, 0.1) is 38.9 Å². The van der Waals surface area contributed by atoms with Crippen LogP contribution in [0.5, 0.6) is 17.2 Å². The zero-order valence-electron chi connectivity index (χ0n) is 15.8. The smallest absolute Gasteiger partial charge is 0.230 e. The Balaban J connectivity index is 1.82. The van der Waals surface area contributed by atoms with E-state index in [2.05, 4.69) is 5.32 Å². The van der Waals surface area contributed by atoms with Crippen LogP contribution in [-0.4, -0.2) is 27.2 Å². The third-order valence-electron chi connectivity index (χ3n) is 5.28. The fraction of sp³-hybridized carbons (Fsp3) is 0.381. The molecule has 2 aromatic carbocycles. The second-order valence-corrected chi connectivity index (χ2v) is 7.07. The highest BCUT2D eigenvalue weighted by Gasteiger charge is 2.45. The third kappa shape index (κ3) is 3.69. The molecule has 0 radical (unpaired) electrons. The Morgan fingerprint density at radius 1 is 1.04 bits per heavy atom. The number of carbonyl (C=O) groups is 1. The highest BCUT2D eigenvalue weighted by atomic mass is 35.5. The molecular formula is C21H24ClNO4. The van der Waals surface area contributed by atoms with Crippen LogP contribution in [0, 0.1) is 0 Å². The average molecular weight is 390 g/mol. The van der Waals surface area contributed by atoms with Crippen LogP contribution in [0.4, 0.5) is 0 Å². The Morgan fingerprint density at radius 3 is 2.07 bits per heavy atom. The van der Waals surface area contributed by atoms with Gasteiger partial charge < -0.3 is 19.5 Å². The number of amides is 1. The van der Waals surface area contributed by atoms with Crippen LogP contribution in [0.2, 0.25) is 5.02 Å². The maximum Gasteiger partial charge on any atom is 0.230 e. The lowest BCUT2D eigenvalue weighted by molar-refractivity contribution is -0.130. The van der Waals surface area contributed by atoms with Crippen molar-refractivity contribution < 1.29 is 19.0 Å². The van der Waals surface area contributed by atoms with Gasteiger partial charge in [-0.25, -0.2) is 0 Å². The molecule has 0 saturated heterocycles. The van der Waals surface area contributed by atoms with E-state index in [0.29, 0.717) is 28.8 Å². The van der Waals surface area contributed by atoms with Gasteiger partial charge in [0, 0.05) is 17.2 Å². The molecule has 27 heavy (non-hydrogen) atoms. The molecule has 1 amide bonds. The van der Waals surface area contributed by atoms with Crippen LogP contribution in [0.15, 0.2) is 36.4 Å². The van der Waals surface area contributed by atoms with E-state index in [1.54, 1.807) is 33.5 Å². The highest BCUT2D eigenvalue weighted by Crippen LogP contribution is 2.44. The lowest BCUT2D eigenvalue weighted by Crippen LogP contribution is -2.49. The highest BCUT2D eigenvalue weighted by molar-refractivity contribution is 6.30. The van der Waals surface area contributed by atoms with Crippen molar-refractivity contribution in [1.82, 2.24) is 5.32 Å². The van der Waals surface area contributed by atoms with Crippen molar-refractivity contribution in [2.24, 2.45) is 0 Å². The Labute approximate surface area is 164 Å². The molecule has 1 saturated carbocycles. The number of hydrogen-bond acceptors (Lipinski definition) is 4. The minimum absolute atomic E-state index is 0.0102. The zero-order chi connectivity index (χ0) is 19.4. The minimum Gasteiger partial charge on any atom is -0.496 e. The summed E-state index contributed by atoms with van der Waals surface area (Å²) in [5, 5.41) is 3.74. The molecule has 0 atom stereocenters. The third-order valence-corrected chi connectivity index (χ3v) is 5.53. The predicted molar refractivity (Wildman–Crippen MR) is 105 cm³/mol. The summed E-state index contributed by atoms with van der Waals surface area (Å²) in [6, 6.07) is 11.1. The normalized spacial score (nSPS) is 14.8. The van der Waals surface area contributed by atoms with Crippen molar-refractivity contribution in [3.05, 3.63) is 52.5 Å². The van der Waals surface area contributed by atoms with Crippen molar-refractivity contribution in [2.75, 3.05) is 21.3 Å². The summed E-state index contributed by atoms with van der Waals surface area (Å²) in [6.07, 6.45) is 2.69. The van der Waals surface area contributed by atoms with Crippen LogP contribution >= 0.6 is 11.6 Å². The molecule has 0 unspecified atom stereocenters. The van der Waals surface area contributed by atoms with Gasteiger partial charge in [0.15, 0.2) is 0 Å². The molecule has 1 aliphatic carbocycles. The van der Waals surface area contributed by atoms with Gasteiger partial charge in [0.2, 0.25) is 5.91 Å². The van der Waals surface area contributed by atoms with Gasteiger partial charge in [-0.05, 0) is 30.5 Å². The van der Waals surface area contributed by atoms with Crippen LogP contribution < -0.4 is 19.5 Å². The number of halogens is 1. The van der Waals surface area contributed by atoms with E-state index in [1.165, 1.54) is 0 Å². The standard InChI is InChI=1S/C21H24ClNO4/c1-25-16-11-18(26-2)17(19(12-16)27-3)13-23-20(24)21(9-4-10-21)14-5-7-15(22)8-6-14/h5-8,11-12H,4,9-10,13H2,1-3H3,(H,23,24). The molecule has 3 rings (SSSR count). The quantitative estimate of drug-likeness (QED) is 0.774. The van der Waals surface area contributed by atoms with E-state index in [1.807, 2.05) is 24.3 Å². The van der Waals surface area contributed by atoms with Gasteiger partial charge in [-0.1, -0.05) is 30.2 Å². The maximum absolute atomic E-state index is 13.1. The molecule has 144 valence electrons. The molecule has 5 nitrogen and oxygen atoms in total. The number of nitrogens with one attached hydrogen (secondary N) is 1. The molecule has 1 aliphatic rings. The summed E-state index contributed by atoms with van der Waals surface area (Å²) in [4.78, 5) is 13.1. The summed E-state index contributed by atoms with van der Waals surface area (Å²) in [5.41, 5.74) is 1.29.